The van der Waals surface area contributed by atoms with Crippen LogP contribution in [0.4, 0.5) is 0 Å². The third-order valence-electron chi connectivity index (χ3n) is 24.0. The Morgan fingerprint density at radius 3 is 0.362 bits per heavy atom. The van der Waals surface area contributed by atoms with E-state index in [1.165, 1.54) is 514 Å². The van der Waals surface area contributed by atoms with E-state index >= 15 is 0 Å². The van der Waals surface area contributed by atoms with Crippen molar-refractivity contribution in [1.29, 1.82) is 0 Å². The Morgan fingerprint density at radius 1 is 0.181 bits per heavy atom. The number of unbranched alkanes of at least 4 members (excludes halogenated alkanes) is 76. The van der Waals surface area contributed by atoms with E-state index in [1.807, 2.05) is 0 Å². The zero-order valence-electron chi connectivity index (χ0n) is 73.6. The van der Waals surface area contributed by atoms with Crippen LogP contribution < -0.4 is 10.2 Å². The van der Waals surface area contributed by atoms with Crippen molar-refractivity contribution < 1.29 is 19.8 Å². The van der Waals surface area contributed by atoms with E-state index in [2.05, 4.69) is 51.3 Å². The molecule has 0 aliphatic heterocycles. The van der Waals surface area contributed by atoms with Gasteiger partial charge in [0.2, 0.25) is 0 Å². The average molecular weight is 1510 g/mol. The molecule has 6 nitrogen and oxygen atoms in total. The van der Waals surface area contributed by atoms with E-state index < -0.39 is 11.9 Å². The minimum absolute atomic E-state index is 0. The molecule has 2 atom stereocenters. The number of nitrogens with zero attached hydrogens (tertiary/aromatic N) is 2. The molecule has 0 radical (unpaired) electrons. The molecule has 624 valence electrons. The summed E-state index contributed by atoms with van der Waals surface area (Å²) in [6, 6.07) is 0.288. The molecular formula is C98H196CaN2O4. The van der Waals surface area contributed by atoms with E-state index in [0.717, 1.165) is 39.0 Å². The maximum Gasteiger partial charge on any atom is 2.00 e. The fourth-order valence-corrected chi connectivity index (χ4v) is 16.7. The summed E-state index contributed by atoms with van der Waals surface area (Å²) in [6.45, 7) is 17.7. The van der Waals surface area contributed by atoms with Crippen LogP contribution in [0.3, 0.4) is 0 Å². The van der Waals surface area contributed by atoms with Gasteiger partial charge in [0.15, 0.2) is 0 Å². The first kappa shape index (κ1) is 109. The van der Waals surface area contributed by atoms with Crippen LogP contribution >= 0.6 is 0 Å². The number of carboxylic acids is 2. The Balaban J connectivity index is -0.00000196. The first-order chi connectivity index (χ1) is 51.3. The Morgan fingerprint density at radius 2 is 0.276 bits per heavy atom. The molecule has 2 unspecified atom stereocenters. The van der Waals surface area contributed by atoms with Crippen molar-refractivity contribution in [3.8, 4) is 0 Å². The molecule has 0 N–H and O–H groups in total. The zero-order chi connectivity index (χ0) is 75.7. The number of carboxylic acid groups (broad SMARTS) is 2. The van der Waals surface area contributed by atoms with Crippen molar-refractivity contribution in [1.82, 2.24) is 9.80 Å². The Hall–Kier alpha value is 0.120. The molecule has 0 rings (SSSR count). The number of carbonyl (C=O) groups excluding carboxylic acids is 2. The molecule has 0 bridgehead atoms. The molecular weight excluding hydrogens is 1310 g/mol. The molecule has 0 aliphatic carbocycles. The smallest absolute Gasteiger partial charge is 0.550 e. The van der Waals surface area contributed by atoms with Crippen LogP contribution in [-0.4, -0.2) is 97.7 Å². The summed E-state index contributed by atoms with van der Waals surface area (Å²) >= 11 is 0. The van der Waals surface area contributed by atoms with Gasteiger partial charge in [0, 0.05) is 36.9 Å². The summed E-state index contributed by atoms with van der Waals surface area (Å²) in [6.07, 6.45) is 115. The van der Waals surface area contributed by atoms with Crippen molar-refractivity contribution in [2.75, 3.05) is 26.2 Å². The fraction of sp³-hybridized carbons (Fsp3) is 0.980. The number of hydrogen-bond donors (Lipinski definition) is 0. The maximum absolute atomic E-state index is 11.5. The quantitative estimate of drug-likeness (QED) is 0.0445. The number of carbonyl (C=O) groups is 2. The Bertz CT molecular complexity index is 1360. The third kappa shape index (κ3) is 92.9. The number of hydrogen-bond acceptors (Lipinski definition) is 6. The summed E-state index contributed by atoms with van der Waals surface area (Å²) in [7, 11) is 0. The molecule has 105 heavy (non-hydrogen) atoms. The van der Waals surface area contributed by atoms with E-state index in [4.69, 9.17) is 0 Å². The van der Waals surface area contributed by atoms with Crippen LogP contribution in [0, 0.1) is 0 Å². The molecule has 0 heterocycles. The molecule has 0 spiro atoms. The van der Waals surface area contributed by atoms with Gasteiger partial charge in [0.1, 0.15) is 0 Å². The molecule has 0 aromatic heterocycles. The van der Waals surface area contributed by atoms with Gasteiger partial charge in [0.25, 0.3) is 0 Å². The first-order valence-corrected chi connectivity index (χ1v) is 49.2. The molecule has 0 aliphatic rings. The first-order valence-electron chi connectivity index (χ1n) is 49.2. The Kier molecular flexibility index (Phi) is 102. The van der Waals surface area contributed by atoms with Crippen LogP contribution in [-0.2, 0) is 9.59 Å². The van der Waals surface area contributed by atoms with Crippen LogP contribution in [0.15, 0.2) is 0 Å². The van der Waals surface area contributed by atoms with E-state index in [0.29, 0.717) is 0 Å². The number of aliphatic carboxylic acids is 2. The molecule has 0 fully saturated rings. The summed E-state index contributed by atoms with van der Waals surface area (Å²) in [5, 5.41) is 22.9. The van der Waals surface area contributed by atoms with E-state index in [-0.39, 0.29) is 62.7 Å². The van der Waals surface area contributed by atoms with Gasteiger partial charge in [-0.15, -0.1) is 0 Å². The minimum atomic E-state index is -0.885. The van der Waals surface area contributed by atoms with Gasteiger partial charge in [-0.1, -0.05) is 530 Å². The monoisotopic (exact) mass is 1510 g/mol. The molecule has 0 aromatic carbocycles. The van der Waals surface area contributed by atoms with Crippen LogP contribution in [0.25, 0.3) is 0 Å². The maximum atomic E-state index is 11.5. The number of rotatable bonds is 92. The van der Waals surface area contributed by atoms with Crippen molar-refractivity contribution >= 4 is 49.7 Å². The SMILES string of the molecule is CCCCCCCCCCCCCCCCCCCCCCN(CCCCCCCCCCCCCCCCCCCCCC)C(CC)CC(=O)[O-].CCCCCCCCCCCCCCCCCCCCCCN(CCCCCCCCCCCCCCCCCCCCCC)C(CC)CC(=O)[O-].[Ca+2]. The predicted octanol–water partition coefficient (Wildman–Crippen LogP) is 31.3. The van der Waals surface area contributed by atoms with E-state index in [9.17, 15) is 19.8 Å². The summed E-state index contributed by atoms with van der Waals surface area (Å²) in [5.74, 6) is -1.77. The van der Waals surface area contributed by atoms with Gasteiger partial charge in [-0.3, -0.25) is 0 Å². The third-order valence-corrected chi connectivity index (χ3v) is 24.0. The van der Waals surface area contributed by atoms with Gasteiger partial charge in [-0.2, -0.15) is 0 Å². The van der Waals surface area contributed by atoms with Crippen LogP contribution in [0.5, 0.6) is 0 Å². The minimum Gasteiger partial charge on any atom is -0.550 e. The van der Waals surface area contributed by atoms with Crippen LogP contribution in [0.2, 0.25) is 0 Å². The summed E-state index contributed by atoms with van der Waals surface area (Å²) in [4.78, 5) is 27.9. The van der Waals surface area contributed by atoms with Gasteiger partial charge in [-0.05, 0) is 64.7 Å². The molecule has 7 heteroatoms. The second kappa shape index (κ2) is 98.3. The van der Waals surface area contributed by atoms with Crippen molar-refractivity contribution in [3.63, 3.8) is 0 Å². The predicted molar refractivity (Wildman–Crippen MR) is 468 cm³/mol. The normalized spacial score (nSPS) is 12.2. The van der Waals surface area contributed by atoms with Gasteiger partial charge >= 0.3 is 37.7 Å². The zero-order valence-corrected chi connectivity index (χ0v) is 75.8. The average Bonchev–Trinajstić information content (AvgIpc) is 0.932. The molecule has 0 saturated carbocycles. The topological polar surface area (TPSA) is 86.7 Å². The summed E-state index contributed by atoms with van der Waals surface area (Å²) < 4.78 is 0. The standard InChI is InChI=1S/2C49H99NO2.Ca/c2*1-4-7-9-11-13-15-17-19-21-23-25-27-29-31-33-35-37-39-41-43-45-50(48(6-3)47-49(51)52)46-44-42-40-38-36-34-32-30-28-26-24-22-20-18-16-14-12-10-8-5-2;/h2*48H,4-47H2,1-3H3,(H,51,52);/q;;+2/p-2. The Labute approximate surface area is 693 Å². The van der Waals surface area contributed by atoms with Gasteiger partial charge in [0.05, 0.1) is 0 Å². The van der Waals surface area contributed by atoms with Crippen molar-refractivity contribution in [3.05, 3.63) is 0 Å². The second-order valence-electron chi connectivity index (χ2n) is 34.2. The molecule has 0 aromatic rings. The van der Waals surface area contributed by atoms with Crippen LogP contribution in [0.1, 0.15) is 581 Å². The van der Waals surface area contributed by atoms with Gasteiger partial charge in [-0.25, -0.2) is 0 Å². The summed E-state index contributed by atoms with van der Waals surface area (Å²) in [5.41, 5.74) is 0. The van der Waals surface area contributed by atoms with E-state index in [1.54, 1.807) is 0 Å². The van der Waals surface area contributed by atoms with Crippen molar-refractivity contribution in [2.24, 2.45) is 0 Å². The van der Waals surface area contributed by atoms with Crippen molar-refractivity contribution in [2.45, 2.75) is 593 Å². The largest absolute Gasteiger partial charge is 2.00 e. The molecule has 0 saturated heterocycles. The van der Waals surface area contributed by atoms with Gasteiger partial charge < -0.3 is 29.6 Å². The fourth-order valence-electron chi connectivity index (χ4n) is 16.7. The second-order valence-corrected chi connectivity index (χ2v) is 34.2. The molecule has 0 amide bonds.